The molecule has 0 bridgehead atoms. The Balaban J connectivity index is 1.52. The van der Waals surface area contributed by atoms with Crippen LogP contribution in [0.3, 0.4) is 0 Å². The zero-order valence-electron chi connectivity index (χ0n) is 12.1. The molecule has 2 rings (SSSR count). The molecule has 0 aliphatic carbocycles. The molecule has 0 aromatic carbocycles. The Morgan fingerprint density at radius 1 is 1.50 bits per heavy atom. The summed E-state index contributed by atoms with van der Waals surface area (Å²) < 4.78 is 0. The van der Waals surface area contributed by atoms with E-state index in [0.29, 0.717) is 11.0 Å². The molecule has 3 N–H and O–H groups in total. The molecule has 1 saturated heterocycles. The fraction of sp³-hybridized carbons (Fsp3) is 0.714. The molecule has 5 nitrogen and oxygen atoms in total. The van der Waals surface area contributed by atoms with Gasteiger partial charge in [0.2, 0.25) is 5.91 Å². The number of amides is 1. The Labute approximate surface area is 124 Å². The number of aromatic amines is 1. The van der Waals surface area contributed by atoms with Gasteiger partial charge in [-0.3, -0.25) is 9.89 Å². The molecule has 1 aliphatic heterocycles. The second-order valence-electron chi connectivity index (χ2n) is 5.23. The van der Waals surface area contributed by atoms with Gasteiger partial charge in [-0.2, -0.15) is 5.10 Å². The van der Waals surface area contributed by atoms with Crippen LogP contribution in [0.2, 0.25) is 0 Å². The van der Waals surface area contributed by atoms with Crippen molar-refractivity contribution in [1.82, 2.24) is 20.8 Å². The van der Waals surface area contributed by atoms with Gasteiger partial charge in [-0.25, -0.2) is 0 Å². The van der Waals surface area contributed by atoms with Crippen LogP contribution >= 0.6 is 11.8 Å². The highest BCUT2D eigenvalue weighted by atomic mass is 32.2. The minimum Gasteiger partial charge on any atom is -0.355 e. The number of carbonyl (C=O) groups is 1. The van der Waals surface area contributed by atoms with Crippen molar-refractivity contribution in [1.29, 1.82) is 0 Å². The summed E-state index contributed by atoms with van der Waals surface area (Å²) in [5.74, 6) is 0.757. The summed E-state index contributed by atoms with van der Waals surface area (Å²) in [5, 5.41) is 13.9. The van der Waals surface area contributed by atoms with Crippen LogP contribution in [0.25, 0.3) is 0 Å². The van der Waals surface area contributed by atoms with Crippen molar-refractivity contribution in [2.45, 2.75) is 37.9 Å². The molecule has 1 amide bonds. The Morgan fingerprint density at radius 3 is 3.00 bits per heavy atom. The Bertz CT molecular complexity index is 415. The van der Waals surface area contributed by atoms with Gasteiger partial charge in [0, 0.05) is 17.5 Å². The first-order valence-electron chi connectivity index (χ1n) is 7.33. The number of piperidine rings is 1. The van der Waals surface area contributed by atoms with E-state index in [1.807, 2.05) is 13.1 Å². The molecule has 1 fully saturated rings. The Morgan fingerprint density at radius 2 is 2.30 bits per heavy atom. The van der Waals surface area contributed by atoms with Crippen molar-refractivity contribution in [2.24, 2.45) is 0 Å². The molecule has 20 heavy (non-hydrogen) atoms. The van der Waals surface area contributed by atoms with E-state index in [4.69, 9.17) is 0 Å². The maximum atomic E-state index is 11.7. The first-order valence-corrected chi connectivity index (χ1v) is 8.38. The van der Waals surface area contributed by atoms with Gasteiger partial charge in [0.15, 0.2) is 0 Å². The number of aryl methyl sites for hydroxylation is 2. The highest BCUT2D eigenvalue weighted by Crippen LogP contribution is 2.19. The number of hydrogen-bond donors (Lipinski definition) is 3. The molecule has 1 aromatic rings. The average Bonchev–Trinajstić information content (AvgIpc) is 2.88. The van der Waals surface area contributed by atoms with E-state index in [9.17, 15) is 4.79 Å². The lowest BCUT2D eigenvalue weighted by Gasteiger charge is -2.21. The number of H-pyrrole nitrogens is 1. The summed E-state index contributed by atoms with van der Waals surface area (Å²) >= 11 is 1.80. The number of thioether (sulfide) groups is 1. The molecule has 112 valence electrons. The summed E-state index contributed by atoms with van der Waals surface area (Å²) in [6.45, 7) is 4.94. The molecule has 0 unspecified atom stereocenters. The largest absolute Gasteiger partial charge is 0.355 e. The lowest BCUT2D eigenvalue weighted by molar-refractivity contribution is -0.118. The lowest BCUT2D eigenvalue weighted by atomic mass is 10.1. The van der Waals surface area contributed by atoms with Crippen molar-refractivity contribution < 1.29 is 4.79 Å². The van der Waals surface area contributed by atoms with Gasteiger partial charge >= 0.3 is 0 Å². The van der Waals surface area contributed by atoms with Crippen LogP contribution < -0.4 is 10.6 Å². The molecule has 0 atom stereocenters. The Hall–Kier alpha value is -1.01. The van der Waals surface area contributed by atoms with Crippen LogP contribution in [-0.4, -0.2) is 46.7 Å². The van der Waals surface area contributed by atoms with E-state index >= 15 is 0 Å². The number of rotatable bonds is 7. The van der Waals surface area contributed by atoms with Crippen molar-refractivity contribution in [3.63, 3.8) is 0 Å². The Kier molecular flexibility index (Phi) is 6.39. The number of carbonyl (C=O) groups excluding carboxylic acids is 1. The highest BCUT2D eigenvalue weighted by molar-refractivity contribution is 8.00. The van der Waals surface area contributed by atoms with Gasteiger partial charge in [-0.1, -0.05) is 0 Å². The predicted octanol–water partition coefficient (Wildman–Crippen LogP) is 1.25. The molecular weight excluding hydrogens is 272 g/mol. The molecular formula is C14H24N4OS. The molecule has 1 aliphatic rings. The van der Waals surface area contributed by atoms with Crippen LogP contribution in [0.15, 0.2) is 6.20 Å². The number of aromatic nitrogens is 2. The predicted molar refractivity (Wildman–Crippen MR) is 83.0 cm³/mol. The first kappa shape index (κ1) is 15.4. The van der Waals surface area contributed by atoms with Gasteiger partial charge in [-0.15, -0.1) is 11.8 Å². The number of nitrogens with zero attached hydrogens (tertiary/aromatic N) is 1. The molecule has 0 spiro atoms. The summed E-state index contributed by atoms with van der Waals surface area (Å²) in [6, 6.07) is 0. The summed E-state index contributed by atoms with van der Waals surface area (Å²) in [5.41, 5.74) is 2.36. The molecule has 0 radical (unpaired) electrons. The van der Waals surface area contributed by atoms with E-state index in [1.165, 1.54) is 18.4 Å². The maximum Gasteiger partial charge on any atom is 0.230 e. The van der Waals surface area contributed by atoms with E-state index in [-0.39, 0.29) is 5.91 Å². The molecule has 6 heteroatoms. The molecule has 1 aromatic heterocycles. The average molecular weight is 296 g/mol. The van der Waals surface area contributed by atoms with E-state index in [2.05, 4.69) is 20.8 Å². The first-order chi connectivity index (χ1) is 9.75. The van der Waals surface area contributed by atoms with E-state index in [0.717, 1.165) is 38.2 Å². The van der Waals surface area contributed by atoms with Gasteiger partial charge in [0.25, 0.3) is 0 Å². The van der Waals surface area contributed by atoms with Crippen molar-refractivity contribution >= 4 is 17.7 Å². The normalized spacial score (nSPS) is 16.2. The van der Waals surface area contributed by atoms with E-state index in [1.54, 1.807) is 11.8 Å². The second kappa shape index (κ2) is 8.32. The van der Waals surface area contributed by atoms with Crippen LogP contribution in [0.5, 0.6) is 0 Å². The summed E-state index contributed by atoms with van der Waals surface area (Å²) in [7, 11) is 0. The zero-order chi connectivity index (χ0) is 14.2. The quantitative estimate of drug-likeness (QED) is 0.662. The van der Waals surface area contributed by atoms with Gasteiger partial charge in [0.05, 0.1) is 11.9 Å². The topological polar surface area (TPSA) is 69.8 Å². The summed E-state index contributed by atoms with van der Waals surface area (Å²) in [6.07, 6.45) is 6.15. The maximum absolute atomic E-state index is 11.7. The highest BCUT2D eigenvalue weighted by Gasteiger charge is 2.14. The molecule has 0 saturated carbocycles. The fourth-order valence-corrected chi connectivity index (χ4v) is 3.40. The third kappa shape index (κ3) is 5.17. The summed E-state index contributed by atoms with van der Waals surface area (Å²) in [4.78, 5) is 11.7. The SMILES string of the molecule is Cc1[nH]ncc1CCCNC(=O)CSC1CCNCC1. The van der Waals surface area contributed by atoms with Crippen LogP contribution in [0.4, 0.5) is 0 Å². The minimum atomic E-state index is 0.164. The third-order valence-electron chi connectivity index (χ3n) is 3.62. The van der Waals surface area contributed by atoms with Gasteiger partial charge < -0.3 is 10.6 Å². The molecule has 2 heterocycles. The number of nitrogens with one attached hydrogen (secondary N) is 3. The van der Waals surface area contributed by atoms with Crippen molar-refractivity contribution in [3.05, 3.63) is 17.5 Å². The smallest absolute Gasteiger partial charge is 0.230 e. The monoisotopic (exact) mass is 296 g/mol. The lowest BCUT2D eigenvalue weighted by Crippen LogP contribution is -2.31. The third-order valence-corrected chi connectivity index (χ3v) is 4.99. The van der Waals surface area contributed by atoms with Crippen LogP contribution in [0.1, 0.15) is 30.5 Å². The minimum absolute atomic E-state index is 0.164. The van der Waals surface area contributed by atoms with Gasteiger partial charge in [0.1, 0.15) is 0 Å². The fourth-order valence-electron chi connectivity index (χ4n) is 2.34. The zero-order valence-corrected chi connectivity index (χ0v) is 12.9. The van der Waals surface area contributed by atoms with Crippen LogP contribution in [-0.2, 0) is 11.2 Å². The van der Waals surface area contributed by atoms with Crippen molar-refractivity contribution in [3.8, 4) is 0 Å². The van der Waals surface area contributed by atoms with Crippen molar-refractivity contribution in [2.75, 3.05) is 25.4 Å². The second-order valence-corrected chi connectivity index (χ2v) is 6.52. The van der Waals surface area contributed by atoms with E-state index < -0.39 is 0 Å². The standard InChI is InChI=1S/C14H24N4OS/c1-11-12(9-17-18-11)3-2-6-16-14(19)10-20-13-4-7-15-8-5-13/h9,13,15H,2-8,10H2,1H3,(H,16,19)(H,17,18). The number of hydrogen-bond acceptors (Lipinski definition) is 4. The van der Waals surface area contributed by atoms with Crippen LogP contribution in [0, 0.1) is 6.92 Å². The van der Waals surface area contributed by atoms with Gasteiger partial charge in [-0.05, 0) is 51.3 Å².